The van der Waals surface area contributed by atoms with Crippen molar-refractivity contribution in [2.24, 2.45) is 0 Å². The summed E-state index contributed by atoms with van der Waals surface area (Å²) in [6, 6.07) is 1.76. The van der Waals surface area contributed by atoms with Crippen molar-refractivity contribution in [1.29, 1.82) is 0 Å². The van der Waals surface area contributed by atoms with Gasteiger partial charge < -0.3 is 5.73 Å². The van der Waals surface area contributed by atoms with Crippen LogP contribution < -0.4 is 5.73 Å². The molecule has 6 nitrogen and oxygen atoms in total. The molecule has 2 aromatic rings. The molecule has 84 valence electrons. The first-order valence-electron chi connectivity index (χ1n) is 4.92. The number of carbonyl (C=O) groups is 1. The number of hydrogen-bond acceptors (Lipinski definition) is 4. The van der Waals surface area contributed by atoms with E-state index >= 15 is 0 Å². The third-order valence-electron chi connectivity index (χ3n) is 2.48. The van der Waals surface area contributed by atoms with Crippen LogP contribution in [0.3, 0.4) is 0 Å². The van der Waals surface area contributed by atoms with E-state index in [1.165, 1.54) is 4.68 Å². The Morgan fingerprint density at radius 2 is 2.31 bits per heavy atom. The lowest BCUT2D eigenvalue weighted by atomic mass is 10.3. The monoisotopic (exact) mass is 219 g/mol. The van der Waals surface area contributed by atoms with Crippen molar-refractivity contribution in [3.05, 3.63) is 29.3 Å². The van der Waals surface area contributed by atoms with Crippen molar-refractivity contribution >= 4 is 11.6 Å². The molecule has 0 aliphatic rings. The smallest absolute Gasteiger partial charge is 0.253 e. The summed E-state index contributed by atoms with van der Waals surface area (Å²) in [7, 11) is 0. The van der Waals surface area contributed by atoms with E-state index in [1.54, 1.807) is 26.1 Å². The Morgan fingerprint density at radius 3 is 2.81 bits per heavy atom. The molecule has 2 aromatic heterocycles. The van der Waals surface area contributed by atoms with Crippen LogP contribution in [0, 0.1) is 13.8 Å². The molecule has 0 bridgehead atoms. The van der Waals surface area contributed by atoms with Crippen LogP contribution in [0.1, 0.15) is 21.9 Å². The number of H-pyrrole nitrogens is 1. The number of aromatic amines is 1. The molecule has 16 heavy (non-hydrogen) atoms. The minimum absolute atomic E-state index is 0.124. The number of nitrogens with two attached hydrogens (primary N) is 1. The fourth-order valence-electron chi connectivity index (χ4n) is 1.52. The third-order valence-corrected chi connectivity index (χ3v) is 2.48. The lowest BCUT2D eigenvalue weighted by Gasteiger charge is -2.01. The average molecular weight is 219 g/mol. The molecule has 0 fully saturated rings. The summed E-state index contributed by atoms with van der Waals surface area (Å²) in [5.74, 6) is -0.124. The summed E-state index contributed by atoms with van der Waals surface area (Å²) in [6.07, 6.45) is 1.85. The zero-order chi connectivity index (χ0) is 11.7. The van der Waals surface area contributed by atoms with Gasteiger partial charge in [0.1, 0.15) is 0 Å². The molecule has 0 amide bonds. The first-order valence-corrected chi connectivity index (χ1v) is 4.92. The van der Waals surface area contributed by atoms with Crippen molar-refractivity contribution in [2.75, 3.05) is 5.73 Å². The standard InChI is InChI=1S/C10H13N5O/c1-6-10(11)7(2)15(14-6)9(16)5-8-3-4-12-13-8/h3-4H,5,11H2,1-2H3,(H,12,13). The summed E-state index contributed by atoms with van der Waals surface area (Å²) in [6.45, 7) is 3.56. The molecule has 0 aliphatic heterocycles. The third kappa shape index (κ3) is 1.69. The molecule has 2 heterocycles. The first-order chi connectivity index (χ1) is 7.59. The lowest BCUT2D eigenvalue weighted by molar-refractivity contribution is 0.0894. The van der Waals surface area contributed by atoms with E-state index < -0.39 is 0 Å². The van der Waals surface area contributed by atoms with Crippen molar-refractivity contribution in [1.82, 2.24) is 20.0 Å². The molecule has 0 unspecified atom stereocenters. The van der Waals surface area contributed by atoms with Crippen LogP contribution in [0.25, 0.3) is 0 Å². The molecule has 2 rings (SSSR count). The number of nitrogens with one attached hydrogen (secondary N) is 1. The Balaban J connectivity index is 2.24. The van der Waals surface area contributed by atoms with E-state index in [-0.39, 0.29) is 12.3 Å². The van der Waals surface area contributed by atoms with Crippen LogP contribution in [0.4, 0.5) is 5.69 Å². The highest BCUT2D eigenvalue weighted by atomic mass is 16.2. The zero-order valence-corrected chi connectivity index (χ0v) is 9.19. The summed E-state index contributed by atoms with van der Waals surface area (Å²) in [5, 5.41) is 10.6. The Bertz CT molecular complexity index is 512. The maximum absolute atomic E-state index is 11.9. The van der Waals surface area contributed by atoms with Gasteiger partial charge in [0, 0.05) is 11.9 Å². The summed E-state index contributed by atoms with van der Waals surface area (Å²) < 4.78 is 1.34. The second-order valence-electron chi connectivity index (χ2n) is 3.65. The molecule has 0 aliphatic carbocycles. The molecule has 0 spiro atoms. The maximum atomic E-state index is 11.9. The van der Waals surface area contributed by atoms with Gasteiger partial charge >= 0.3 is 0 Å². The second-order valence-corrected chi connectivity index (χ2v) is 3.65. The number of anilines is 1. The number of nitrogen functional groups attached to an aromatic ring is 1. The normalized spacial score (nSPS) is 10.6. The molecule has 6 heteroatoms. The summed E-state index contributed by atoms with van der Waals surface area (Å²) in [4.78, 5) is 11.9. The molecule has 0 saturated heterocycles. The van der Waals surface area contributed by atoms with Crippen LogP contribution >= 0.6 is 0 Å². The van der Waals surface area contributed by atoms with Gasteiger partial charge in [0.25, 0.3) is 5.91 Å². The van der Waals surface area contributed by atoms with E-state index in [1.807, 2.05) is 0 Å². The van der Waals surface area contributed by atoms with Gasteiger partial charge in [-0.3, -0.25) is 9.89 Å². The fourth-order valence-corrected chi connectivity index (χ4v) is 1.52. The highest BCUT2D eigenvalue weighted by Gasteiger charge is 2.15. The Morgan fingerprint density at radius 1 is 1.56 bits per heavy atom. The topological polar surface area (TPSA) is 89.6 Å². The molecule has 0 aromatic carbocycles. The minimum atomic E-state index is -0.124. The number of aryl methyl sites for hydroxylation is 1. The van der Waals surface area contributed by atoms with Crippen LogP contribution in [0.2, 0.25) is 0 Å². The van der Waals surface area contributed by atoms with Crippen LogP contribution in [-0.2, 0) is 6.42 Å². The summed E-state index contributed by atoms with van der Waals surface area (Å²) >= 11 is 0. The lowest BCUT2D eigenvalue weighted by Crippen LogP contribution is -2.17. The van der Waals surface area contributed by atoms with Gasteiger partial charge in [0.05, 0.1) is 23.5 Å². The van der Waals surface area contributed by atoms with Crippen molar-refractivity contribution in [3.8, 4) is 0 Å². The maximum Gasteiger partial charge on any atom is 0.253 e. The number of nitrogens with zero attached hydrogens (tertiary/aromatic N) is 3. The van der Waals surface area contributed by atoms with E-state index in [9.17, 15) is 4.79 Å². The van der Waals surface area contributed by atoms with E-state index in [4.69, 9.17) is 5.73 Å². The number of hydrogen-bond donors (Lipinski definition) is 2. The Kier molecular flexibility index (Phi) is 2.47. The van der Waals surface area contributed by atoms with Crippen LogP contribution in [0.5, 0.6) is 0 Å². The fraction of sp³-hybridized carbons (Fsp3) is 0.300. The number of aromatic nitrogens is 4. The Hall–Kier alpha value is -2.11. The van der Waals surface area contributed by atoms with Crippen LogP contribution in [-0.4, -0.2) is 25.9 Å². The second kappa shape index (κ2) is 3.80. The van der Waals surface area contributed by atoms with Crippen molar-refractivity contribution in [2.45, 2.75) is 20.3 Å². The van der Waals surface area contributed by atoms with E-state index in [2.05, 4.69) is 15.3 Å². The summed E-state index contributed by atoms with van der Waals surface area (Å²) in [5.41, 5.74) is 8.44. The van der Waals surface area contributed by atoms with Crippen molar-refractivity contribution < 1.29 is 4.79 Å². The first kappa shape index (κ1) is 10.4. The quantitative estimate of drug-likeness (QED) is 0.777. The highest BCUT2D eigenvalue weighted by molar-refractivity contribution is 5.82. The highest BCUT2D eigenvalue weighted by Crippen LogP contribution is 2.15. The van der Waals surface area contributed by atoms with Gasteiger partial charge in [-0.05, 0) is 19.9 Å². The predicted molar refractivity (Wildman–Crippen MR) is 59.0 cm³/mol. The van der Waals surface area contributed by atoms with Gasteiger partial charge in [-0.1, -0.05) is 0 Å². The average Bonchev–Trinajstić information content (AvgIpc) is 2.83. The minimum Gasteiger partial charge on any atom is -0.396 e. The van der Waals surface area contributed by atoms with E-state index in [0.29, 0.717) is 17.1 Å². The molecular weight excluding hydrogens is 206 g/mol. The van der Waals surface area contributed by atoms with Gasteiger partial charge in [0.15, 0.2) is 0 Å². The van der Waals surface area contributed by atoms with Crippen molar-refractivity contribution in [3.63, 3.8) is 0 Å². The van der Waals surface area contributed by atoms with Gasteiger partial charge in [0.2, 0.25) is 0 Å². The van der Waals surface area contributed by atoms with Gasteiger partial charge in [-0.25, -0.2) is 4.68 Å². The predicted octanol–water partition coefficient (Wildman–Crippen LogP) is 0.688. The molecule has 0 saturated carbocycles. The van der Waals surface area contributed by atoms with Gasteiger partial charge in [-0.15, -0.1) is 0 Å². The van der Waals surface area contributed by atoms with E-state index in [0.717, 1.165) is 5.69 Å². The zero-order valence-electron chi connectivity index (χ0n) is 9.19. The molecule has 0 atom stereocenters. The molecule has 3 N–H and O–H groups in total. The molecular formula is C10H13N5O. The SMILES string of the molecule is Cc1nn(C(=O)Cc2ccn[nH]2)c(C)c1N. The van der Waals surface area contributed by atoms with Gasteiger partial charge in [-0.2, -0.15) is 10.2 Å². The number of rotatable bonds is 2. The largest absolute Gasteiger partial charge is 0.396 e. The Labute approximate surface area is 92.5 Å². The molecule has 0 radical (unpaired) electrons. The number of carbonyl (C=O) groups excluding carboxylic acids is 1. The van der Waals surface area contributed by atoms with Crippen LogP contribution in [0.15, 0.2) is 12.3 Å².